The minimum absolute atomic E-state index is 0.451. The van der Waals surface area contributed by atoms with E-state index in [-0.39, 0.29) is 0 Å². The minimum atomic E-state index is -2.02. The van der Waals surface area contributed by atoms with Gasteiger partial charge < -0.3 is 5.73 Å². The molecule has 0 spiro atoms. The van der Waals surface area contributed by atoms with E-state index in [2.05, 4.69) is 0 Å². The second-order valence-electron chi connectivity index (χ2n) is 5.67. The topological polar surface area (TPSA) is 83.6 Å². The Morgan fingerprint density at radius 3 is 2.36 bits per heavy atom. The van der Waals surface area contributed by atoms with Crippen molar-refractivity contribution >= 4 is 28.8 Å². The fraction of sp³-hybridized carbons (Fsp3) is 0.278. The van der Waals surface area contributed by atoms with Crippen molar-refractivity contribution in [3.8, 4) is 0 Å². The predicted octanol–water partition coefficient (Wildman–Crippen LogP) is 3.05. The first-order valence-electron chi connectivity index (χ1n) is 7.95. The molecular weight excluding hydrogens is 360 g/mol. The van der Waals surface area contributed by atoms with Crippen LogP contribution in [-0.4, -0.2) is 32.1 Å². The Hall–Kier alpha value is -1.73. The van der Waals surface area contributed by atoms with Crippen molar-refractivity contribution in [2.75, 3.05) is 13.1 Å². The number of hydrogen-bond acceptors (Lipinski definition) is 2. The Kier molecular flexibility index (Phi) is 7.58. The number of nitrogens with two attached hydrogens (primary N) is 1. The van der Waals surface area contributed by atoms with Gasteiger partial charge in [0.25, 0.3) is 0 Å². The van der Waals surface area contributed by atoms with Gasteiger partial charge in [0.15, 0.2) is 0 Å². The molecule has 2 rings (SSSR count). The van der Waals surface area contributed by atoms with Crippen LogP contribution >= 0.6 is 11.6 Å². The molecule has 7 heteroatoms. The molecule has 1 amide bonds. The Balaban J connectivity index is 1.84. The van der Waals surface area contributed by atoms with E-state index in [1.54, 1.807) is 12.1 Å². The van der Waals surface area contributed by atoms with Crippen molar-refractivity contribution in [1.82, 2.24) is 4.31 Å². The number of benzene rings is 2. The molecule has 1 unspecified atom stereocenters. The summed E-state index contributed by atoms with van der Waals surface area (Å²) in [6, 6.07) is 14.6. The van der Waals surface area contributed by atoms with Crippen LogP contribution in [0.15, 0.2) is 48.5 Å². The lowest BCUT2D eigenvalue weighted by Gasteiger charge is -2.18. The van der Waals surface area contributed by atoms with Gasteiger partial charge in [-0.05, 0) is 48.6 Å². The molecule has 2 aromatic rings. The molecule has 0 bridgehead atoms. The van der Waals surface area contributed by atoms with E-state index in [0.29, 0.717) is 30.1 Å². The standard InChI is InChI=1S/C18H21ClN2O3S/c19-17-6-2-1-5-15(17)11-13-21(25(23)24)12-3-4-14-7-9-16(10-8-14)18(20)22/h1-2,5-10H,3-4,11-13H2,(H2,20,22)(H,23,24). The highest BCUT2D eigenvalue weighted by molar-refractivity contribution is 7.76. The van der Waals surface area contributed by atoms with Crippen molar-refractivity contribution in [2.45, 2.75) is 19.3 Å². The van der Waals surface area contributed by atoms with Gasteiger partial charge >= 0.3 is 0 Å². The summed E-state index contributed by atoms with van der Waals surface area (Å²) in [6.45, 7) is 0.943. The Bertz CT molecular complexity index is 737. The summed E-state index contributed by atoms with van der Waals surface area (Å²) >= 11 is 4.09. The molecule has 134 valence electrons. The number of hydrogen-bond donors (Lipinski definition) is 2. The maximum Gasteiger partial charge on any atom is 0.248 e. The van der Waals surface area contributed by atoms with Gasteiger partial charge in [-0.3, -0.25) is 9.35 Å². The number of carbonyl (C=O) groups excluding carboxylic acids is 1. The second-order valence-corrected chi connectivity index (χ2v) is 7.05. The van der Waals surface area contributed by atoms with Gasteiger partial charge in [0, 0.05) is 23.7 Å². The number of rotatable bonds is 9. The van der Waals surface area contributed by atoms with Crippen molar-refractivity contribution in [3.05, 3.63) is 70.2 Å². The summed E-state index contributed by atoms with van der Waals surface area (Å²) in [4.78, 5) is 11.0. The molecule has 0 aliphatic heterocycles. The molecule has 5 nitrogen and oxygen atoms in total. The molecule has 1 atom stereocenters. The van der Waals surface area contributed by atoms with E-state index in [9.17, 15) is 13.6 Å². The molecule has 0 aliphatic carbocycles. The van der Waals surface area contributed by atoms with Crippen LogP contribution in [-0.2, 0) is 24.1 Å². The molecule has 25 heavy (non-hydrogen) atoms. The van der Waals surface area contributed by atoms with E-state index in [0.717, 1.165) is 24.0 Å². The Morgan fingerprint density at radius 2 is 1.76 bits per heavy atom. The molecule has 0 fully saturated rings. The lowest BCUT2D eigenvalue weighted by Crippen LogP contribution is -2.29. The molecular formula is C18H21ClN2O3S. The second kappa shape index (κ2) is 9.68. The van der Waals surface area contributed by atoms with Crippen LogP contribution in [0.2, 0.25) is 5.02 Å². The maximum atomic E-state index is 11.5. The van der Waals surface area contributed by atoms with Crippen LogP contribution < -0.4 is 5.73 Å². The fourth-order valence-corrected chi connectivity index (χ4v) is 3.27. The van der Waals surface area contributed by atoms with E-state index in [1.807, 2.05) is 36.4 Å². The fourth-order valence-electron chi connectivity index (χ4n) is 2.51. The first kappa shape index (κ1) is 19.6. The van der Waals surface area contributed by atoms with E-state index in [1.165, 1.54) is 4.31 Å². The smallest absolute Gasteiger partial charge is 0.248 e. The van der Waals surface area contributed by atoms with Gasteiger partial charge in [-0.2, -0.15) is 0 Å². The number of amides is 1. The van der Waals surface area contributed by atoms with Crippen LogP contribution in [0.1, 0.15) is 27.9 Å². The molecule has 3 N–H and O–H groups in total. The Morgan fingerprint density at radius 1 is 1.08 bits per heavy atom. The monoisotopic (exact) mass is 380 g/mol. The van der Waals surface area contributed by atoms with Gasteiger partial charge in [0.2, 0.25) is 17.2 Å². The lowest BCUT2D eigenvalue weighted by molar-refractivity contribution is 0.100. The van der Waals surface area contributed by atoms with Crippen LogP contribution in [0.5, 0.6) is 0 Å². The Labute approximate surface area is 155 Å². The van der Waals surface area contributed by atoms with Crippen LogP contribution in [0, 0.1) is 0 Å². The highest BCUT2D eigenvalue weighted by Gasteiger charge is 2.12. The van der Waals surface area contributed by atoms with Gasteiger partial charge in [-0.1, -0.05) is 41.9 Å². The van der Waals surface area contributed by atoms with Crippen LogP contribution in [0.3, 0.4) is 0 Å². The molecule has 0 saturated carbocycles. The van der Waals surface area contributed by atoms with Gasteiger partial charge in [-0.15, -0.1) is 0 Å². The van der Waals surface area contributed by atoms with Gasteiger partial charge in [-0.25, -0.2) is 8.51 Å². The van der Waals surface area contributed by atoms with E-state index < -0.39 is 17.2 Å². The van der Waals surface area contributed by atoms with Crippen LogP contribution in [0.25, 0.3) is 0 Å². The average molecular weight is 381 g/mol. The third-order valence-electron chi connectivity index (χ3n) is 3.92. The van der Waals surface area contributed by atoms with Crippen molar-refractivity contribution in [2.24, 2.45) is 5.73 Å². The van der Waals surface area contributed by atoms with E-state index in [4.69, 9.17) is 17.3 Å². The summed E-state index contributed by atoms with van der Waals surface area (Å²) < 4.78 is 22.5. The minimum Gasteiger partial charge on any atom is -0.366 e. The third-order valence-corrected chi connectivity index (χ3v) is 5.10. The summed E-state index contributed by atoms with van der Waals surface area (Å²) in [5.41, 5.74) is 7.70. The van der Waals surface area contributed by atoms with E-state index >= 15 is 0 Å². The van der Waals surface area contributed by atoms with Gasteiger partial charge in [0.05, 0.1) is 0 Å². The third kappa shape index (κ3) is 6.25. The number of aryl methyl sites for hydroxylation is 1. The summed E-state index contributed by atoms with van der Waals surface area (Å²) in [5.74, 6) is -0.451. The molecule has 0 heterocycles. The highest BCUT2D eigenvalue weighted by Crippen LogP contribution is 2.16. The zero-order valence-corrected chi connectivity index (χ0v) is 15.3. The maximum absolute atomic E-state index is 11.5. The lowest BCUT2D eigenvalue weighted by atomic mass is 10.1. The molecule has 0 aliphatic rings. The average Bonchev–Trinajstić information content (AvgIpc) is 2.59. The molecule has 0 saturated heterocycles. The van der Waals surface area contributed by atoms with Crippen molar-refractivity contribution < 1.29 is 13.6 Å². The van der Waals surface area contributed by atoms with Crippen molar-refractivity contribution in [1.29, 1.82) is 0 Å². The summed E-state index contributed by atoms with van der Waals surface area (Å²) in [5, 5.41) is 0.667. The first-order valence-corrected chi connectivity index (χ1v) is 9.39. The van der Waals surface area contributed by atoms with Gasteiger partial charge in [0.1, 0.15) is 0 Å². The molecule has 0 aromatic heterocycles. The van der Waals surface area contributed by atoms with Crippen molar-refractivity contribution in [3.63, 3.8) is 0 Å². The SMILES string of the molecule is NC(=O)c1ccc(CCCN(CCc2ccccc2Cl)S(=O)O)cc1. The number of primary amides is 1. The normalized spacial score (nSPS) is 12.3. The predicted molar refractivity (Wildman–Crippen MR) is 101 cm³/mol. The summed E-state index contributed by atoms with van der Waals surface area (Å²) in [6.07, 6.45) is 2.09. The number of carbonyl (C=O) groups is 1. The highest BCUT2D eigenvalue weighted by atomic mass is 35.5. The number of nitrogens with zero attached hydrogens (tertiary/aromatic N) is 1. The van der Waals surface area contributed by atoms with Crippen LogP contribution in [0.4, 0.5) is 0 Å². The molecule has 2 aromatic carbocycles. The largest absolute Gasteiger partial charge is 0.366 e. The molecule has 0 radical (unpaired) electrons. The summed E-state index contributed by atoms with van der Waals surface area (Å²) in [7, 11) is 0. The number of halogens is 1. The first-order chi connectivity index (χ1) is 12.0. The quantitative estimate of drug-likeness (QED) is 0.656. The zero-order chi connectivity index (χ0) is 18.2. The zero-order valence-electron chi connectivity index (χ0n) is 13.7.